The van der Waals surface area contributed by atoms with Crippen LogP contribution < -0.4 is 5.32 Å². The fraction of sp³-hybridized carbons (Fsp3) is 0.688. The van der Waals surface area contributed by atoms with Crippen molar-refractivity contribution in [2.24, 2.45) is 5.92 Å². The van der Waals surface area contributed by atoms with Crippen LogP contribution in [-0.4, -0.2) is 55.5 Å². The molecule has 1 saturated heterocycles. The highest BCUT2D eigenvalue weighted by atomic mass is 32.2. The van der Waals surface area contributed by atoms with Crippen molar-refractivity contribution in [3.05, 3.63) is 11.5 Å². The van der Waals surface area contributed by atoms with E-state index in [1.54, 1.807) is 13.8 Å². The molecular weight excluding hydrogens is 362 g/mol. The molecule has 1 N–H and O–H groups in total. The van der Waals surface area contributed by atoms with Gasteiger partial charge in [0.05, 0.1) is 13.0 Å². The van der Waals surface area contributed by atoms with Crippen molar-refractivity contribution >= 4 is 21.9 Å². The summed E-state index contributed by atoms with van der Waals surface area (Å²) >= 11 is 0. The van der Waals surface area contributed by atoms with Crippen molar-refractivity contribution in [3.63, 3.8) is 0 Å². The average molecular weight is 387 g/mol. The fourth-order valence-electron chi connectivity index (χ4n) is 3.06. The lowest BCUT2D eigenvalue weighted by atomic mass is 9.96. The van der Waals surface area contributed by atoms with Gasteiger partial charge in [-0.1, -0.05) is 5.16 Å². The van der Waals surface area contributed by atoms with Crippen molar-refractivity contribution < 1.29 is 27.3 Å². The van der Waals surface area contributed by atoms with Crippen LogP contribution in [0.15, 0.2) is 9.42 Å². The predicted octanol–water partition coefficient (Wildman–Crippen LogP) is 0.760. The number of amides is 1. The second kappa shape index (κ2) is 7.36. The van der Waals surface area contributed by atoms with Crippen molar-refractivity contribution in [2.45, 2.75) is 51.0 Å². The Bertz CT molecular complexity index is 779. The van der Waals surface area contributed by atoms with Crippen LogP contribution in [0.25, 0.3) is 0 Å². The average Bonchev–Trinajstić information content (AvgIpc) is 2.93. The SMILES string of the molecule is COC(=O)C(C)(C)NC(=O)C1CCCN(S(=O)(=O)c2c(C)noc2C)C1. The molecule has 0 spiro atoms. The number of hydrogen-bond acceptors (Lipinski definition) is 7. The molecule has 1 atom stereocenters. The number of sulfonamides is 1. The number of carbonyl (C=O) groups is 2. The van der Waals surface area contributed by atoms with Gasteiger partial charge in [-0.25, -0.2) is 13.2 Å². The molecule has 2 rings (SSSR count). The molecule has 0 aliphatic carbocycles. The summed E-state index contributed by atoms with van der Waals surface area (Å²) in [5.74, 6) is -1.27. The third kappa shape index (κ3) is 3.90. The van der Waals surface area contributed by atoms with Crippen LogP contribution in [0.1, 0.15) is 38.1 Å². The van der Waals surface area contributed by atoms with Gasteiger partial charge in [-0.3, -0.25) is 4.79 Å². The Labute approximate surface area is 153 Å². The van der Waals surface area contributed by atoms with Crippen LogP contribution >= 0.6 is 0 Å². The Morgan fingerprint density at radius 3 is 2.54 bits per heavy atom. The number of aromatic nitrogens is 1. The Kier molecular flexibility index (Phi) is 5.76. The summed E-state index contributed by atoms with van der Waals surface area (Å²) in [4.78, 5) is 24.4. The number of nitrogens with one attached hydrogen (secondary N) is 1. The van der Waals surface area contributed by atoms with Gasteiger partial charge in [0, 0.05) is 13.1 Å². The zero-order valence-electron chi connectivity index (χ0n) is 15.7. The highest BCUT2D eigenvalue weighted by Gasteiger charge is 2.39. The maximum absolute atomic E-state index is 12.9. The first-order valence-electron chi connectivity index (χ1n) is 8.34. The Morgan fingerprint density at radius 2 is 2.00 bits per heavy atom. The van der Waals surface area contributed by atoms with Gasteiger partial charge in [0.25, 0.3) is 0 Å². The largest absolute Gasteiger partial charge is 0.467 e. The minimum atomic E-state index is -3.81. The van der Waals surface area contributed by atoms with Crippen LogP contribution in [0, 0.1) is 19.8 Å². The highest BCUT2D eigenvalue weighted by Crippen LogP contribution is 2.28. The number of methoxy groups -OCH3 is 1. The zero-order valence-corrected chi connectivity index (χ0v) is 16.5. The lowest BCUT2D eigenvalue weighted by Crippen LogP contribution is -2.54. The number of piperidine rings is 1. The predicted molar refractivity (Wildman–Crippen MR) is 91.7 cm³/mol. The second-order valence-corrected chi connectivity index (χ2v) is 8.84. The summed E-state index contributed by atoms with van der Waals surface area (Å²) in [5, 5.41) is 6.34. The summed E-state index contributed by atoms with van der Waals surface area (Å²) in [6.45, 7) is 6.54. The van der Waals surface area contributed by atoms with E-state index in [-0.39, 0.29) is 23.1 Å². The summed E-state index contributed by atoms with van der Waals surface area (Å²) in [6.07, 6.45) is 1.08. The first-order valence-corrected chi connectivity index (χ1v) is 9.78. The van der Waals surface area contributed by atoms with Crippen LogP contribution in [0.4, 0.5) is 0 Å². The molecule has 0 aromatic carbocycles. The Morgan fingerprint density at radius 1 is 1.35 bits per heavy atom. The number of nitrogens with zero attached hydrogens (tertiary/aromatic N) is 2. The molecule has 1 unspecified atom stereocenters. The van der Waals surface area contributed by atoms with Gasteiger partial charge in [-0.2, -0.15) is 4.31 Å². The van der Waals surface area contributed by atoms with Gasteiger partial charge in [0.15, 0.2) is 5.76 Å². The van der Waals surface area contributed by atoms with Gasteiger partial charge in [-0.05, 0) is 40.5 Å². The molecule has 1 fully saturated rings. The minimum Gasteiger partial charge on any atom is -0.467 e. The van der Waals surface area contributed by atoms with E-state index in [0.29, 0.717) is 25.1 Å². The maximum atomic E-state index is 12.9. The Hall–Kier alpha value is -1.94. The first-order chi connectivity index (χ1) is 12.0. The number of hydrogen-bond donors (Lipinski definition) is 1. The third-order valence-corrected chi connectivity index (χ3v) is 6.56. The van der Waals surface area contributed by atoms with Gasteiger partial charge < -0.3 is 14.6 Å². The van der Waals surface area contributed by atoms with E-state index in [2.05, 4.69) is 15.2 Å². The molecule has 146 valence electrons. The molecule has 10 heteroatoms. The summed E-state index contributed by atoms with van der Waals surface area (Å²) < 4.78 is 36.8. The normalized spacial score (nSPS) is 19.2. The molecule has 1 aromatic rings. The molecule has 9 nitrogen and oxygen atoms in total. The van der Waals surface area contributed by atoms with Crippen molar-refractivity contribution in [1.29, 1.82) is 0 Å². The standard InChI is InChI=1S/C16H25N3O6S/c1-10-13(11(2)25-18-10)26(22,23)19-8-6-7-12(9-19)14(20)17-16(3,4)15(21)24-5/h12H,6-9H2,1-5H3,(H,17,20). The van der Waals surface area contributed by atoms with E-state index in [1.807, 2.05) is 0 Å². The lowest BCUT2D eigenvalue weighted by Gasteiger charge is -2.33. The number of aryl methyl sites for hydroxylation is 2. The molecule has 1 aliphatic heterocycles. The van der Waals surface area contributed by atoms with Gasteiger partial charge in [-0.15, -0.1) is 0 Å². The summed E-state index contributed by atoms with van der Waals surface area (Å²) in [7, 11) is -2.56. The number of rotatable bonds is 5. The first kappa shape index (κ1) is 20.4. The van der Waals surface area contributed by atoms with Crippen LogP contribution in [0.5, 0.6) is 0 Å². The summed E-state index contributed by atoms with van der Waals surface area (Å²) in [6, 6.07) is 0. The molecule has 1 amide bonds. The molecule has 0 saturated carbocycles. The third-order valence-electron chi connectivity index (χ3n) is 4.45. The van der Waals surface area contributed by atoms with E-state index in [9.17, 15) is 18.0 Å². The monoisotopic (exact) mass is 387 g/mol. The van der Waals surface area contributed by atoms with Crippen LogP contribution in [0.2, 0.25) is 0 Å². The van der Waals surface area contributed by atoms with E-state index in [0.717, 1.165) is 0 Å². The maximum Gasteiger partial charge on any atom is 0.330 e. The van der Waals surface area contributed by atoms with Crippen LogP contribution in [-0.2, 0) is 24.3 Å². The van der Waals surface area contributed by atoms with Crippen LogP contribution in [0.3, 0.4) is 0 Å². The number of carbonyl (C=O) groups excluding carboxylic acids is 2. The van der Waals surface area contributed by atoms with E-state index >= 15 is 0 Å². The smallest absolute Gasteiger partial charge is 0.330 e. The lowest BCUT2D eigenvalue weighted by molar-refractivity contribution is -0.150. The van der Waals surface area contributed by atoms with E-state index < -0.39 is 27.4 Å². The fourth-order valence-corrected chi connectivity index (χ4v) is 4.88. The van der Waals surface area contributed by atoms with Gasteiger partial charge in [0.2, 0.25) is 15.9 Å². The quantitative estimate of drug-likeness (QED) is 0.741. The molecule has 26 heavy (non-hydrogen) atoms. The number of ether oxygens (including phenoxy) is 1. The molecule has 1 aromatic heterocycles. The van der Waals surface area contributed by atoms with Crippen molar-refractivity contribution in [3.8, 4) is 0 Å². The van der Waals surface area contributed by atoms with Gasteiger partial charge in [0.1, 0.15) is 16.1 Å². The van der Waals surface area contributed by atoms with E-state index in [4.69, 9.17) is 4.52 Å². The Balaban J connectivity index is 2.17. The van der Waals surface area contributed by atoms with E-state index in [1.165, 1.54) is 25.3 Å². The van der Waals surface area contributed by atoms with Crippen molar-refractivity contribution in [1.82, 2.24) is 14.8 Å². The highest BCUT2D eigenvalue weighted by molar-refractivity contribution is 7.89. The molecule has 0 bridgehead atoms. The van der Waals surface area contributed by atoms with Gasteiger partial charge >= 0.3 is 5.97 Å². The zero-order chi connectivity index (χ0) is 19.7. The molecule has 1 aliphatic rings. The minimum absolute atomic E-state index is 0.0372. The topological polar surface area (TPSA) is 119 Å². The molecule has 2 heterocycles. The van der Waals surface area contributed by atoms with Crippen molar-refractivity contribution in [2.75, 3.05) is 20.2 Å². The number of esters is 1. The summed E-state index contributed by atoms with van der Waals surface area (Å²) in [5.41, 5.74) is -0.893. The molecular formula is C16H25N3O6S. The molecule has 0 radical (unpaired) electrons. The second-order valence-electron chi connectivity index (χ2n) is 6.96.